The standard InChI is InChI=1S/C13H25NO3/c1-10(12(14)16)6-4-8-13(3,17)9-5-7-11(2)15/h7,10,15,17H,4-6,8-9H2,1-3H3,(H2,14,16)/b11-7+. The van der Waals surface area contributed by atoms with Gasteiger partial charge in [-0.25, -0.2) is 0 Å². The van der Waals surface area contributed by atoms with Crippen LogP contribution in [0.1, 0.15) is 52.9 Å². The second-order valence-electron chi connectivity index (χ2n) is 5.08. The normalized spacial score (nSPS) is 17.5. The van der Waals surface area contributed by atoms with Gasteiger partial charge >= 0.3 is 0 Å². The molecule has 4 N–H and O–H groups in total. The Kier molecular flexibility index (Phi) is 6.88. The lowest BCUT2D eigenvalue weighted by Crippen LogP contribution is -2.25. The summed E-state index contributed by atoms with van der Waals surface area (Å²) in [7, 11) is 0. The summed E-state index contributed by atoms with van der Waals surface area (Å²) >= 11 is 0. The molecule has 0 fully saturated rings. The number of hydrogen-bond acceptors (Lipinski definition) is 3. The van der Waals surface area contributed by atoms with E-state index in [0.29, 0.717) is 25.7 Å². The van der Waals surface area contributed by atoms with E-state index in [1.54, 1.807) is 26.8 Å². The van der Waals surface area contributed by atoms with Crippen molar-refractivity contribution in [3.63, 3.8) is 0 Å². The molecule has 4 heteroatoms. The number of carbonyl (C=O) groups excluding carboxylic acids is 1. The van der Waals surface area contributed by atoms with Crippen molar-refractivity contribution in [3.05, 3.63) is 11.8 Å². The van der Waals surface area contributed by atoms with Crippen molar-refractivity contribution in [1.82, 2.24) is 0 Å². The lowest BCUT2D eigenvalue weighted by Gasteiger charge is -2.23. The zero-order chi connectivity index (χ0) is 13.5. The smallest absolute Gasteiger partial charge is 0.220 e. The minimum absolute atomic E-state index is 0.134. The number of rotatable bonds is 8. The van der Waals surface area contributed by atoms with Crippen LogP contribution in [0.25, 0.3) is 0 Å². The lowest BCUT2D eigenvalue weighted by molar-refractivity contribution is -0.121. The minimum Gasteiger partial charge on any atom is -0.513 e. The Balaban J connectivity index is 3.85. The number of aliphatic hydroxyl groups excluding tert-OH is 1. The van der Waals surface area contributed by atoms with E-state index in [-0.39, 0.29) is 17.6 Å². The summed E-state index contributed by atoms with van der Waals surface area (Å²) in [6.45, 7) is 5.20. The topological polar surface area (TPSA) is 83.6 Å². The Morgan fingerprint density at radius 1 is 1.47 bits per heavy atom. The Morgan fingerprint density at radius 2 is 2.06 bits per heavy atom. The average Bonchev–Trinajstić information content (AvgIpc) is 2.15. The van der Waals surface area contributed by atoms with Crippen LogP contribution < -0.4 is 5.73 Å². The van der Waals surface area contributed by atoms with Gasteiger partial charge in [0.1, 0.15) is 0 Å². The fourth-order valence-corrected chi connectivity index (χ4v) is 1.65. The highest BCUT2D eigenvalue weighted by Crippen LogP contribution is 2.21. The van der Waals surface area contributed by atoms with Crippen LogP contribution in [0.2, 0.25) is 0 Å². The van der Waals surface area contributed by atoms with Gasteiger partial charge in [-0.2, -0.15) is 0 Å². The van der Waals surface area contributed by atoms with Crippen LogP contribution in [0.3, 0.4) is 0 Å². The Hall–Kier alpha value is -1.03. The summed E-state index contributed by atoms with van der Waals surface area (Å²) in [5, 5.41) is 19.0. The molecule has 2 unspecified atom stereocenters. The molecule has 17 heavy (non-hydrogen) atoms. The number of nitrogens with two attached hydrogens (primary N) is 1. The first-order valence-corrected chi connectivity index (χ1v) is 6.12. The zero-order valence-corrected chi connectivity index (χ0v) is 11.1. The largest absolute Gasteiger partial charge is 0.513 e. The van der Waals surface area contributed by atoms with Crippen molar-refractivity contribution in [2.75, 3.05) is 0 Å². The quantitative estimate of drug-likeness (QED) is 0.572. The SMILES string of the molecule is C/C(O)=C\CCC(C)(O)CCCC(C)C(N)=O. The summed E-state index contributed by atoms with van der Waals surface area (Å²) in [5.41, 5.74) is 4.42. The zero-order valence-electron chi connectivity index (χ0n) is 11.1. The molecule has 0 aromatic carbocycles. The molecular weight excluding hydrogens is 218 g/mol. The van der Waals surface area contributed by atoms with Crippen molar-refractivity contribution >= 4 is 5.91 Å². The van der Waals surface area contributed by atoms with Crippen molar-refractivity contribution in [2.45, 2.75) is 58.5 Å². The maximum atomic E-state index is 10.8. The molecule has 0 aliphatic heterocycles. The van der Waals surface area contributed by atoms with Crippen LogP contribution >= 0.6 is 0 Å². The molecule has 0 bridgehead atoms. The number of primary amides is 1. The van der Waals surface area contributed by atoms with Crippen molar-refractivity contribution in [2.24, 2.45) is 11.7 Å². The first kappa shape index (κ1) is 16.0. The molecule has 0 rings (SSSR count). The molecule has 4 nitrogen and oxygen atoms in total. The maximum Gasteiger partial charge on any atom is 0.220 e. The first-order chi connectivity index (χ1) is 7.74. The molecule has 0 spiro atoms. The molecule has 0 saturated carbocycles. The van der Waals surface area contributed by atoms with Gasteiger partial charge in [-0.05, 0) is 52.0 Å². The lowest BCUT2D eigenvalue weighted by atomic mass is 9.91. The molecule has 0 radical (unpaired) electrons. The van der Waals surface area contributed by atoms with E-state index in [1.807, 2.05) is 0 Å². The predicted molar refractivity (Wildman–Crippen MR) is 68.5 cm³/mol. The third-order valence-corrected chi connectivity index (χ3v) is 2.96. The molecule has 0 saturated heterocycles. The van der Waals surface area contributed by atoms with E-state index in [1.165, 1.54) is 0 Å². The van der Waals surface area contributed by atoms with Gasteiger partial charge in [-0.15, -0.1) is 0 Å². The molecule has 0 heterocycles. The summed E-state index contributed by atoms with van der Waals surface area (Å²) in [4.78, 5) is 10.8. The van der Waals surface area contributed by atoms with Gasteiger partial charge in [0.15, 0.2) is 0 Å². The van der Waals surface area contributed by atoms with Crippen LogP contribution in [0.4, 0.5) is 0 Å². The summed E-state index contributed by atoms with van der Waals surface area (Å²) in [5.74, 6) is -0.142. The number of amides is 1. The molecule has 0 aliphatic carbocycles. The highest BCUT2D eigenvalue weighted by molar-refractivity contribution is 5.76. The van der Waals surface area contributed by atoms with E-state index in [9.17, 15) is 9.90 Å². The molecule has 2 atom stereocenters. The summed E-state index contributed by atoms with van der Waals surface area (Å²) < 4.78 is 0. The van der Waals surface area contributed by atoms with Crippen LogP contribution in [-0.4, -0.2) is 21.7 Å². The monoisotopic (exact) mass is 243 g/mol. The second-order valence-corrected chi connectivity index (χ2v) is 5.08. The third kappa shape index (κ3) is 8.74. The number of carbonyl (C=O) groups is 1. The highest BCUT2D eigenvalue weighted by atomic mass is 16.3. The van der Waals surface area contributed by atoms with Crippen molar-refractivity contribution < 1.29 is 15.0 Å². The summed E-state index contributed by atoms with van der Waals surface area (Å²) in [6, 6.07) is 0. The predicted octanol–water partition coefficient (Wildman–Crippen LogP) is 2.27. The molecule has 1 amide bonds. The van der Waals surface area contributed by atoms with Gasteiger partial charge in [-0.1, -0.05) is 6.92 Å². The van der Waals surface area contributed by atoms with Crippen LogP contribution in [-0.2, 0) is 4.79 Å². The molecule has 0 aromatic rings. The van der Waals surface area contributed by atoms with Crippen molar-refractivity contribution in [1.29, 1.82) is 0 Å². The molecular formula is C13H25NO3. The van der Waals surface area contributed by atoms with Gasteiger partial charge in [0.05, 0.1) is 11.4 Å². The second kappa shape index (κ2) is 7.33. The van der Waals surface area contributed by atoms with Crippen LogP contribution in [0, 0.1) is 5.92 Å². The highest BCUT2D eigenvalue weighted by Gasteiger charge is 2.20. The van der Waals surface area contributed by atoms with E-state index >= 15 is 0 Å². The van der Waals surface area contributed by atoms with E-state index in [0.717, 1.165) is 6.42 Å². The Labute approximate surface area is 104 Å². The third-order valence-electron chi connectivity index (χ3n) is 2.96. The number of allylic oxidation sites excluding steroid dienone is 2. The molecule has 0 aliphatic rings. The van der Waals surface area contributed by atoms with Gasteiger partial charge < -0.3 is 15.9 Å². The first-order valence-electron chi connectivity index (χ1n) is 6.12. The average molecular weight is 243 g/mol. The number of hydrogen-bond donors (Lipinski definition) is 3. The van der Waals surface area contributed by atoms with Crippen molar-refractivity contribution in [3.8, 4) is 0 Å². The van der Waals surface area contributed by atoms with Gasteiger partial charge in [-0.3, -0.25) is 4.79 Å². The van der Waals surface area contributed by atoms with E-state index in [4.69, 9.17) is 10.8 Å². The summed E-state index contributed by atoms with van der Waals surface area (Å²) in [6.07, 6.45) is 5.08. The fourth-order valence-electron chi connectivity index (χ4n) is 1.65. The Bertz CT molecular complexity index is 268. The van der Waals surface area contributed by atoms with Crippen LogP contribution in [0.15, 0.2) is 11.8 Å². The van der Waals surface area contributed by atoms with Gasteiger partial charge in [0, 0.05) is 5.92 Å². The molecule has 0 aromatic heterocycles. The van der Waals surface area contributed by atoms with E-state index in [2.05, 4.69) is 0 Å². The fraction of sp³-hybridized carbons (Fsp3) is 0.769. The molecule has 100 valence electrons. The number of aliphatic hydroxyl groups is 2. The minimum atomic E-state index is -0.747. The Morgan fingerprint density at radius 3 is 2.53 bits per heavy atom. The van der Waals surface area contributed by atoms with Gasteiger partial charge in [0.2, 0.25) is 5.91 Å². The maximum absolute atomic E-state index is 10.8. The van der Waals surface area contributed by atoms with Gasteiger partial charge in [0.25, 0.3) is 0 Å². The van der Waals surface area contributed by atoms with Crippen LogP contribution in [0.5, 0.6) is 0 Å². The van der Waals surface area contributed by atoms with E-state index < -0.39 is 5.60 Å².